The highest BCUT2D eigenvalue weighted by atomic mass is 16.5. The Hall–Kier alpha value is -2.62. The van der Waals surface area contributed by atoms with E-state index in [9.17, 15) is 9.59 Å². The molecule has 0 aliphatic carbocycles. The molecule has 1 aliphatic rings. The molecule has 0 saturated heterocycles. The molecule has 3 rings (SSSR count). The Morgan fingerprint density at radius 3 is 2.65 bits per heavy atom. The number of ether oxygens (including phenoxy) is 1. The lowest BCUT2D eigenvalue weighted by Crippen LogP contribution is -2.24. The van der Waals surface area contributed by atoms with Crippen LogP contribution in [0.2, 0.25) is 0 Å². The third kappa shape index (κ3) is 2.28. The number of benzene rings is 2. The topological polar surface area (TPSA) is 55.4 Å². The molecule has 0 radical (unpaired) electrons. The van der Waals surface area contributed by atoms with Crippen molar-refractivity contribution >= 4 is 11.7 Å². The molecule has 20 heavy (non-hydrogen) atoms. The number of fused-ring (bicyclic) bond motifs is 1. The van der Waals surface area contributed by atoms with Crippen LogP contribution in [-0.2, 0) is 0 Å². The van der Waals surface area contributed by atoms with Crippen LogP contribution in [0.5, 0.6) is 5.75 Å². The van der Waals surface area contributed by atoms with Crippen molar-refractivity contribution in [2.24, 2.45) is 0 Å². The van der Waals surface area contributed by atoms with E-state index in [2.05, 4.69) is 5.32 Å². The number of ketones is 1. The van der Waals surface area contributed by atoms with Crippen LogP contribution in [0, 0.1) is 0 Å². The molecule has 2 aromatic carbocycles. The van der Waals surface area contributed by atoms with E-state index < -0.39 is 0 Å². The highest BCUT2D eigenvalue weighted by molar-refractivity contribution is 6.10. The van der Waals surface area contributed by atoms with Crippen LogP contribution in [0.1, 0.15) is 26.3 Å². The SMILES string of the molecule is O=C(c1ccccc1)c1ccc2c(c1)C(=O)NCCO2. The van der Waals surface area contributed by atoms with E-state index in [4.69, 9.17) is 4.74 Å². The summed E-state index contributed by atoms with van der Waals surface area (Å²) in [5.41, 5.74) is 1.49. The quantitative estimate of drug-likeness (QED) is 0.847. The van der Waals surface area contributed by atoms with Gasteiger partial charge in [0.25, 0.3) is 5.91 Å². The number of hydrogen-bond donors (Lipinski definition) is 1. The van der Waals surface area contributed by atoms with E-state index in [1.165, 1.54) is 0 Å². The summed E-state index contributed by atoms with van der Waals surface area (Å²) < 4.78 is 5.46. The molecule has 2 aromatic rings. The minimum absolute atomic E-state index is 0.106. The third-order valence-electron chi connectivity index (χ3n) is 3.17. The van der Waals surface area contributed by atoms with Crippen molar-refractivity contribution in [3.05, 3.63) is 65.2 Å². The molecule has 1 aliphatic heterocycles. The standard InChI is InChI=1S/C16H13NO3/c18-15(11-4-2-1-3-5-11)12-6-7-14-13(10-12)16(19)17-8-9-20-14/h1-7,10H,8-9H2,(H,17,19). The summed E-state index contributed by atoms with van der Waals surface area (Å²) in [5, 5.41) is 2.73. The summed E-state index contributed by atoms with van der Waals surface area (Å²) in [4.78, 5) is 24.3. The van der Waals surface area contributed by atoms with Crippen molar-refractivity contribution in [1.82, 2.24) is 5.32 Å². The van der Waals surface area contributed by atoms with E-state index in [0.717, 1.165) is 0 Å². The zero-order valence-electron chi connectivity index (χ0n) is 10.8. The smallest absolute Gasteiger partial charge is 0.255 e. The number of hydrogen-bond acceptors (Lipinski definition) is 3. The molecule has 4 nitrogen and oxygen atoms in total. The lowest BCUT2D eigenvalue weighted by Gasteiger charge is -2.07. The van der Waals surface area contributed by atoms with Gasteiger partial charge in [-0.1, -0.05) is 30.3 Å². The van der Waals surface area contributed by atoms with Crippen molar-refractivity contribution in [3.8, 4) is 5.75 Å². The van der Waals surface area contributed by atoms with Crippen LogP contribution in [0.3, 0.4) is 0 Å². The van der Waals surface area contributed by atoms with Crippen molar-refractivity contribution in [3.63, 3.8) is 0 Å². The molecular formula is C16H13NO3. The maximum atomic E-state index is 12.4. The van der Waals surface area contributed by atoms with Gasteiger partial charge in [-0.2, -0.15) is 0 Å². The van der Waals surface area contributed by atoms with Crippen molar-refractivity contribution in [2.75, 3.05) is 13.2 Å². The average molecular weight is 267 g/mol. The normalized spacial score (nSPS) is 13.7. The van der Waals surface area contributed by atoms with Gasteiger partial charge in [0.1, 0.15) is 12.4 Å². The predicted octanol–water partition coefficient (Wildman–Crippen LogP) is 2.04. The van der Waals surface area contributed by atoms with Gasteiger partial charge < -0.3 is 10.1 Å². The van der Waals surface area contributed by atoms with Gasteiger partial charge in [-0.3, -0.25) is 9.59 Å². The molecular weight excluding hydrogens is 254 g/mol. The molecule has 1 N–H and O–H groups in total. The van der Waals surface area contributed by atoms with E-state index in [1.807, 2.05) is 18.2 Å². The number of nitrogens with one attached hydrogen (secondary N) is 1. The predicted molar refractivity (Wildman–Crippen MR) is 74.1 cm³/mol. The third-order valence-corrected chi connectivity index (χ3v) is 3.17. The minimum atomic E-state index is -0.208. The lowest BCUT2D eigenvalue weighted by molar-refractivity contribution is 0.0957. The van der Waals surface area contributed by atoms with Gasteiger partial charge in [-0.15, -0.1) is 0 Å². The summed E-state index contributed by atoms with van der Waals surface area (Å²) in [6.45, 7) is 0.903. The summed E-state index contributed by atoms with van der Waals surface area (Å²) in [6, 6.07) is 13.9. The largest absolute Gasteiger partial charge is 0.491 e. The van der Waals surface area contributed by atoms with E-state index in [-0.39, 0.29) is 11.7 Å². The molecule has 0 saturated carbocycles. The van der Waals surface area contributed by atoms with Crippen LogP contribution in [-0.4, -0.2) is 24.8 Å². The van der Waals surface area contributed by atoms with Crippen LogP contribution < -0.4 is 10.1 Å². The van der Waals surface area contributed by atoms with Crippen molar-refractivity contribution < 1.29 is 14.3 Å². The Balaban J connectivity index is 2.00. The molecule has 0 atom stereocenters. The molecule has 1 heterocycles. The fourth-order valence-corrected chi connectivity index (χ4v) is 2.15. The second kappa shape index (κ2) is 5.17. The summed E-state index contributed by atoms with van der Waals surface area (Å²) in [5.74, 6) is 0.204. The van der Waals surface area contributed by atoms with E-state index in [1.54, 1.807) is 30.3 Å². The summed E-state index contributed by atoms with van der Waals surface area (Å²) in [7, 11) is 0. The second-order valence-corrected chi connectivity index (χ2v) is 4.51. The maximum Gasteiger partial charge on any atom is 0.255 e. The second-order valence-electron chi connectivity index (χ2n) is 4.51. The first-order chi connectivity index (χ1) is 9.75. The Morgan fingerprint density at radius 2 is 1.85 bits per heavy atom. The maximum absolute atomic E-state index is 12.4. The Labute approximate surface area is 116 Å². The van der Waals surface area contributed by atoms with Crippen LogP contribution >= 0.6 is 0 Å². The molecule has 0 aromatic heterocycles. The number of carbonyl (C=O) groups is 2. The van der Waals surface area contributed by atoms with Crippen molar-refractivity contribution in [2.45, 2.75) is 0 Å². The number of carbonyl (C=O) groups excluding carboxylic acids is 2. The number of amides is 1. The molecule has 100 valence electrons. The van der Waals surface area contributed by atoms with Gasteiger partial charge >= 0.3 is 0 Å². The Kier molecular flexibility index (Phi) is 3.21. The first-order valence-corrected chi connectivity index (χ1v) is 6.40. The molecule has 4 heteroatoms. The zero-order chi connectivity index (χ0) is 13.9. The average Bonchev–Trinajstić information content (AvgIpc) is 2.69. The van der Waals surface area contributed by atoms with Crippen LogP contribution in [0.15, 0.2) is 48.5 Å². The van der Waals surface area contributed by atoms with Crippen LogP contribution in [0.4, 0.5) is 0 Å². The number of rotatable bonds is 2. The summed E-state index contributed by atoms with van der Waals surface area (Å²) in [6.07, 6.45) is 0. The van der Waals surface area contributed by atoms with Gasteiger partial charge in [0.2, 0.25) is 0 Å². The first-order valence-electron chi connectivity index (χ1n) is 6.40. The first kappa shape index (κ1) is 12.4. The summed E-state index contributed by atoms with van der Waals surface area (Å²) >= 11 is 0. The van der Waals surface area contributed by atoms with E-state index >= 15 is 0 Å². The lowest BCUT2D eigenvalue weighted by atomic mass is 10.0. The van der Waals surface area contributed by atoms with Gasteiger partial charge in [0.05, 0.1) is 12.1 Å². The van der Waals surface area contributed by atoms with Gasteiger partial charge in [-0.25, -0.2) is 0 Å². The molecule has 1 amide bonds. The van der Waals surface area contributed by atoms with Gasteiger partial charge in [0, 0.05) is 11.1 Å². The fraction of sp³-hybridized carbons (Fsp3) is 0.125. The van der Waals surface area contributed by atoms with Gasteiger partial charge in [0.15, 0.2) is 5.78 Å². The highest BCUT2D eigenvalue weighted by Gasteiger charge is 2.19. The Bertz CT molecular complexity index is 665. The highest BCUT2D eigenvalue weighted by Crippen LogP contribution is 2.23. The monoisotopic (exact) mass is 267 g/mol. The molecule has 0 unspecified atom stereocenters. The Morgan fingerprint density at radius 1 is 1.05 bits per heavy atom. The van der Waals surface area contributed by atoms with Crippen molar-refractivity contribution in [1.29, 1.82) is 0 Å². The fourth-order valence-electron chi connectivity index (χ4n) is 2.15. The molecule has 0 fully saturated rings. The minimum Gasteiger partial charge on any atom is -0.491 e. The molecule has 0 spiro atoms. The van der Waals surface area contributed by atoms with E-state index in [0.29, 0.717) is 35.6 Å². The van der Waals surface area contributed by atoms with Gasteiger partial charge in [-0.05, 0) is 18.2 Å². The zero-order valence-corrected chi connectivity index (χ0v) is 10.8. The van der Waals surface area contributed by atoms with Crippen LogP contribution in [0.25, 0.3) is 0 Å². The molecule has 0 bridgehead atoms.